The van der Waals surface area contributed by atoms with Gasteiger partial charge in [0.05, 0.1) is 32.1 Å². The molecule has 0 bridgehead atoms. The summed E-state index contributed by atoms with van der Waals surface area (Å²) in [6, 6.07) is -0.0776. The van der Waals surface area contributed by atoms with E-state index in [9.17, 15) is 5.11 Å². The quantitative estimate of drug-likeness (QED) is 0.792. The third kappa shape index (κ3) is 2.19. The molecular formula is C9H12ClN3O2. The van der Waals surface area contributed by atoms with E-state index in [2.05, 4.69) is 9.97 Å². The Hall–Kier alpha value is -0.910. The molecule has 82 valence electrons. The Bertz CT molecular complexity index is 337. The molecule has 0 aliphatic carbocycles. The Balaban J connectivity index is 2.24. The molecule has 1 aliphatic rings. The number of aromatic nitrogens is 2. The lowest BCUT2D eigenvalue weighted by atomic mass is 10.2. The SMILES string of the molecule is OCC1COCCN1c1ncncc1Cl. The number of rotatable bonds is 2. The van der Waals surface area contributed by atoms with Crippen LogP contribution in [0, 0.1) is 0 Å². The Morgan fingerprint density at radius 1 is 1.67 bits per heavy atom. The summed E-state index contributed by atoms with van der Waals surface area (Å²) in [6.45, 7) is 1.83. The number of hydrogen-bond donors (Lipinski definition) is 1. The van der Waals surface area contributed by atoms with Gasteiger partial charge in [0.1, 0.15) is 11.3 Å². The lowest BCUT2D eigenvalue weighted by Crippen LogP contribution is -2.48. The van der Waals surface area contributed by atoms with Gasteiger partial charge < -0.3 is 14.7 Å². The zero-order chi connectivity index (χ0) is 10.7. The van der Waals surface area contributed by atoms with E-state index in [4.69, 9.17) is 16.3 Å². The fraction of sp³-hybridized carbons (Fsp3) is 0.556. The molecule has 1 atom stereocenters. The van der Waals surface area contributed by atoms with Crippen LogP contribution in [0.25, 0.3) is 0 Å². The van der Waals surface area contributed by atoms with Gasteiger partial charge in [0, 0.05) is 6.54 Å². The second kappa shape index (κ2) is 4.74. The van der Waals surface area contributed by atoms with Crippen molar-refractivity contribution in [3.05, 3.63) is 17.5 Å². The number of aliphatic hydroxyl groups is 1. The van der Waals surface area contributed by atoms with Gasteiger partial charge in [-0.3, -0.25) is 0 Å². The van der Waals surface area contributed by atoms with Crippen LogP contribution < -0.4 is 4.90 Å². The predicted octanol–water partition coefficient (Wildman–Crippen LogP) is 0.327. The van der Waals surface area contributed by atoms with Crippen LogP contribution in [0.3, 0.4) is 0 Å². The van der Waals surface area contributed by atoms with Crippen LogP contribution in [0.5, 0.6) is 0 Å². The van der Waals surface area contributed by atoms with Crippen molar-refractivity contribution in [3.8, 4) is 0 Å². The van der Waals surface area contributed by atoms with Crippen LogP contribution in [0.4, 0.5) is 5.82 Å². The highest BCUT2D eigenvalue weighted by molar-refractivity contribution is 6.32. The Morgan fingerprint density at radius 3 is 3.27 bits per heavy atom. The van der Waals surface area contributed by atoms with Crippen LogP contribution in [-0.4, -0.2) is 47.5 Å². The van der Waals surface area contributed by atoms with Gasteiger partial charge in [0.15, 0.2) is 5.82 Å². The van der Waals surface area contributed by atoms with Crippen molar-refractivity contribution < 1.29 is 9.84 Å². The fourth-order valence-corrected chi connectivity index (χ4v) is 1.82. The zero-order valence-electron chi connectivity index (χ0n) is 8.14. The molecule has 2 heterocycles. The van der Waals surface area contributed by atoms with E-state index in [1.165, 1.54) is 6.33 Å². The zero-order valence-corrected chi connectivity index (χ0v) is 8.89. The molecule has 5 nitrogen and oxygen atoms in total. The van der Waals surface area contributed by atoms with E-state index in [0.29, 0.717) is 30.6 Å². The van der Waals surface area contributed by atoms with Crippen molar-refractivity contribution in [2.24, 2.45) is 0 Å². The molecule has 6 heteroatoms. The van der Waals surface area contributed by atoms with Crippen LogP contribution in [0.1, 0.15) is 0 Å². The summed E-state index contributed by atoms with van der Waals surface area (Å²) in [6.07, 6.45) is 3.00. The van der Waals surface area contributed by atoms with Crippen molar-refractivity contribution in [1.82, 2.24) is 9.97 Å². The van der Waals surface area contributed by atoms with E-state index >= 15 is 0 Å². The van der Waals surface area contributed by atoms with Gasteiger partial charge in [-0.05, 0) is 0 Å². The maximum atomic E-state index is 9.21. The molecule has 15 heavy (non-hydrogen) atoms. The summed E-state index contributed by atoms with van der Waals surface area (Å²) in [5.74, 6) is 0.661. The highest BCUT2D eigenvalue weighted by atomic mass is 35.5. The first-order valence-electron chi connectivity index (χ1n) is 4.73. The number of morpholine rings is 1. The number of halogens is 1. The first-order valence-corrected chi connectivity index (χ1v) is 5.11. The van der Waals surface area contributed by atoms with E-state index in [0.717, 1.165) is 0 Å². The van der Waals surface area contributed by atoms with Crippen LogP contribution in [-0.2, 0) is 4.74 Å². The van der Waals surface area contributed by atoms with Gasteiger partial charge in [0.2, 0.25) is 0 Å². The normalized spacial score (nSPS) is 21.7. The maximum absolute atomic E-state index is 9.21. The van der Waals surface area contributed by atoms with Crippen molar-refractivity contribution >= 4 is 17.4 Å². The lowest BCUT2D eigenvalue weighted by molar-refractivity contribution is 0.0723. The smallest absolute Gasteiger partial charge is 0.151 e. The molecule has 1 aromatic heterocycles. The van der Waals surface area contributed by atoms with Crippen molar-refractivity contribution in [1.29, 1.82) is 0 Å². The van der Waals surface area contributed by atoms with Gasteiger partial charge in [-0.15, -0.1) is 0 Å². The van der Waals surface area contributed by atoms with Crippen molar-refractivity contribution in [2.75, 3.05) is 31.3 Å². The molecule has 1 fully saturated rings. The Labute approximate surface area is 92.7 Å². The molecule has 1 aromatic rings. The summed E-state index contributed by atoms with van der Waals surface area (Å²) in [5.41, 5.74) is 0. The van der Waals surface area contributed by atoms with Crippen LogP contribution >= 0.6 is 11.6 Å². The van der Waals surface area contributed by atoms with E-state index in [1.54, 1.807) is 6.20 Å². The third-order valence-electron chi connectivity index (χ3n) is 2.36. The molecule has 0 saturated carbocycles. The van der Waals surface area contributed by atoms with E-state index in [1.807, 2.05) is 4.90 Å². The minimum Gasteiger partial charge on any atom is -0.394 e. The van der Waals surface area contributed by atoms with Crippen molar-refractivity contribution in [2.45, 2.75) is 6.04 Å². The highest BCUT2D eigenvalue weighted by Gasteiger charge is 2.24. The summed E-state index contributed by atoms with van der Waals surface area (Å²) in [7, 11) is 0. The molecule has 0 spiro atoms. The average Bonchev–Trinajstić information content (AvgIpc) is 2.30. The number of ether oxygens (including phenoxy) is 1. The molecule has 1 N–H and O–H groups in total. The second-order valence-electron chi connectivity index (χ2n) is 3.30. The molecule has 0 radical (unpaired) electrons. The van der Waals surface area contributed by atoms with Crippen molar-refractivity contribution in [3.63, 3.8) is 0 Å². The minimum atomic E-state index is -0.0776. The summed E-state index contributed by atoms with van der Waals surface area (Å²) < 4.78 is 5.28. The largest absolute Gasteiger partial charge is 0.394 e. The summed E-state index contributed by atoms with van der Waals surface area (Å²) in [5, 5.41) is 9.70. The van der Waals surface area contributed by atoms with Gasteiger partial charge >= 0.3 is 0 Å². The van der Waals surface area contributed by atoms with Crippen LogP contribution in [0.2, 0.25) is 5.02 Å². The van der Waals surface area contributed by atoms with E-state index < -0.39 is 0 Å². The minimum absolute atomic E-state index is 0.0281. The molecule has 1 unspecified atom stereocenters. The molecule has 0 aromatic carbocycles. The average molecular weight is 230 g/mol. The number of aliphatic hydroxyl groups excluding tert-OH is 1. The number of hydrogen-bond acceptors (Lipinski definition) is 5. The van der Waals surface area contributed by atoms with E-state index in [-0.39, 0.29) is 12.6 Å². The lowest BCUT2D eigenvalue weighted by Gasteiger charge is -2.35. The van der Waals surface area contributed by atoms with Crippen LogP contribution in [0.15, 0.2) is 12.5 Å². The van der Waals surface area contributed by atoms with Gasteiger partial charge in [-0.1, -0.05) is 11.6 Å². The molecule has 1 saturated heterocycles. The van der Waals surface area contributed by atoms with Gasteiger partial charge in [-0.2, -0.15) is 0 Å². The number of anilines is 1. The fourth-order valence-electron chi connectivity index (χ4n) is 1.60. The monoisotopic (exact) mass is 229 g/mol. The molecular weight excluding hydrogens is 218 g/mol. The van der Waals surface area contributed by atoms with Gasteiger partial charge in [0.25, 0.3) is 0 Å². The maximum Gasteiger partial charge on any atom is 0.151 e. The first kappa shape index (κ1) is 10.6. The third-order valence-corrected chi connectivity index (χ3v) is 2.63. The summed E-state index contributed by atoms with van der Waals surface area (Å²) >= 11 is 5.99. The standard InChI is InChI=1S/C9H12ClN3O2/c10-8-3-11-6-12-9(8)13-1-2-15-5-7(13)4-14/h3,6-7,14H,1-2,4-5H2. The number of nitrogens with zero attached hydrogens (tertiary/aromatic N) is 3. The Morgan fingerprint density at radius 2 is 2.53 bits per heavy atom. The second-order valence-corrected chi connectivity index (χ2v) is 3.71. The molecule has 1 aliphatic heterocycles. The predicted molar refractivity (Wildman–Crippen MR) is 56.1 cm³/mol. The van der Waals surface area contributed by atoms with Gasteiger partial charge in [-0.25, -0.2) is 9.97 Å². The highest BCUT2D eigenvalue weighted by Crippen LogP contribution is 2.24. The first-order chi connectivity index (χ1) is 7.33. The topological polar surface area (TPSA) is 58.5 Å². The summed E-state index contributed by atoms with van der Waals surface area (Å²) in [4.78, 5) is 9.90. The molecule has 2 rings (SSSR count). The Kier molecular flexibility index (Phi) is 3.35. The molecule has 0 amide bonds.